The van der Waals surface area contributed by atoms with Crippen LogP contribution in [-0.2, 0) is 16.0 Å². The summed E-state index contributed by atoms with van der Waals surface area (Å²) < 4.78 is 5.81. The molecule has 3 atom stereocenters. The van der Waals surface area contributed by atoms with Gasteiger partial charge in [-0.15, -0.1) is 0 Å². The average molecular weight is 478 g/mol. The van der Waals surface area contributed by atoms with Gasteiger partial charge in [-0.05, 0) is 42.9 Å². The van der Waals surface area contributed by atoms with Gasteiger partial charge in [0.05, 0.1) is 6.04 Å². The van der Waals surface area contributed by atoms with E-state index in [0.29, 0.717) is 36.3 Å². The van der Waals surface area contributed by atoms with Crippen LogP contribution in [0.25, 0.3) is 11.1 Å². The number of carbonyl (C=O) groups excluding carboxylic acids is 2. The Bertz CT molecular complexity index is 1070. The number of hydrogen-bond donors (Lipinski definition) is 3. The molecule has 0 radical (unpaired) electrons. The van der Waals surface area contributed by atoms with Crippen LogP contribution in [0.5, 0.6) is 0 Å². The SMILES string of the molecule is CC(=O)N[C@@H](CC1CCCCC1)C(=O)N[C@@H](CCc1ccccc1)C(O)c1nc2ccccc2o1. The minimum atomic E-state index is -1.12. The van der Waals surface area contributed by atoms with E-state index in [1.165, 1.54) is 13.3 Å². The van der Waals surface area contributed by atoms with Gasteiger partial charge in [-0.3, -0.25) is 9.59 Å². The predicted molar refractivity (Wildman–Crippen MR) is 134 cm³/mol. The third-order valence-corrected chi connectivity index (χ3v) is 6.85. The van der Waals surface area contributed by atoms with Crippen LogP contribution in [0.3, 0.4) is 0 Å². The summed E-state index contributed by atoms with van der Waals surface area (Å²) in [4.78, 5) is 29.7. The van der Waals surface area contributed by atoms with Crippen LogP contribution in [0.15, 0.2) is 59.0 Å². The van der Waals surface area contributed by atoms with Gasteiger partial charge in [-0.2, -0.15) is 0 Å². The van der Waals surface area contributed by atoms with Crippen molar-refractivity contribution in [1.82, 2.24) is 15.6 Å². The second-order valence-corrected chi connectivity index (χ2v) is 9.60. The standard InChI is InChI=1S/C28H35N3O4/c1-19(32)29-24(18-21-12-6-3-7-13-21)27(34)30-23(17-16-20-10-4-2-5-11-20)26(33)28-31-22-14-8-9-15-25(22)35-28/h2,4-5,8-11,14-15,21,23-24,26,33H,3,6-7,12-13,16-18H2,1H3,(H,29,32)(H,30,34)/t23-,24-,26?/m0/s1. The Kier molecular flexibility index (Phi) is 8.53. The number of hydrogen-bond acceptors (Lipinski definition) is 5. The Balaban J connectivity index is 1.52. The molecule has 186 valence electrons. The first kappa shape index (κ1) is 24.9. The molecule has 1 aliphatic carbocycles. The van der Waals surface area contributed by atoms with Crippen LogP contribution in [0, 0.1) is 5.92 Å². The van der Waals surface area contributed by atoms with Gasteiger partial charge in [0.1, 0.15) is 11.6 Å². The Hall–Kier alpha value is -3.19. The first-order valence-corrected chi connectivity index (χ1v) is 12.6. The number of rotatable bonds is 10. The normalized spacial score (nSPS) is 17.0. The number of oxazole rings is 1. The zero-order valence-corrected chi connectivity index (χ0v) is 20.3. The zero-order chi connectivity index (χ0) is 24.6. The van der Waals surface area contributed by atoms with Crippen LogP contribution in [0.4, 0.5) is 0 Å². The van der Waals surface area contributed by atoms with Crippen molar-refractivity contribution in [2.45, 2.75) is 76.5 Å². The van der Waals surface area contributed by atoms with E-state index in [1.807, 2.05) is 48.5 Å². The van der Waals surface area contributed by atoms with Crippen molar-refractivity contribution in [2.24, 2.45) is 5.92 Å². The third kappa shape index (κ3) is 6.92. The van der Waals surface area contributed by atoms with E-state index in [-0.39, 0.29) is 17.7 Å². The van der Waals surface area contributed by atoms with E-state index in [0.717, 1.165) is 31.2 Å². The Labute approximate surface area is 206 Å². The summed E-state index contributed by atoms with van der Waals surface area (Å²) in [6.45, 7) is 1.43. The average Bonchev–Trinajstić information content (AvgIpc) is 3.31. The molecule has 1 aliphatic rings. The van der Waals surface area contributed by atoms with Crippen molar-refractivity contribution in [3.05, 3.63) is 66.1 Å². The predicted octanol–water partition coefficient (Wildman–Crippen LogP) is 4.45. The Morgan fingerprint density at radius 3 is 2.46 bits per heavy atom. The molecule has 3 N–H and O–H groups in total. The van der Waals surface area contributed by atoms with Crippen molar-refractivity contribution < 1.29 is 19.1 Å². The Morgan fingerprint density at radius 2 is 1.74 bits per heavy atom. The van der Waals surface area contributed by atoms with Gasteiger partial charge in [0.25, 0.3) is 0 Å². The molecule has 1 heterocycles. The monoisotopic (exact) mass is 477 g/mol. The highest BCUT2D eigenvalue weighted by molar-refractivity contribution is 5.87. The Morgan fingerprint density at radius 1 is 1.03 bits per heavy atom. The summed E-state index contributed by atoms with van der Waals surface area (Å²) in [6, 6.07) is 16.0. The maximum absolute atomic E-state index is 13.4. The number of amides is 2. The van der Waals surface area contributed by atoms with Gasteiger partial charge in [-0.1, -0.05) is 74.6 Å². The molecule has 0 saturated heterocycles. The van der Waals surface area contributed by atoms with Crippen molar-refractivity contribution in [1.29, 1.82) is 0 Å². The smallest absolute Gasteiger partial charge is 0.242 e. The number of aromatic nitrogens is 1. The summed E-state index contributed by atoms with van der Waals surface area (Å²) in [7, 11) is 0. The third-order valence-electron chi connectivity index (χ3n) is 6.85. The van der Waals surface area contributed by atoms with Crippen molar-refractivity contribution in [3.63, 3.8) is 0 Å². The van der Waals surface area contributed by atoms with Crippen LogP contribution in [-0.4, -0.2) is 34.0 Å². The fourth-order valence-electron chi connectivity index (χ4n) is 4.98. The highest BCUT2D eigenvalue weighted by Gasteiger charge is 2.31. The molecule has 0 aliphatic heterocycles. The summed E-state index contributed by atoms with van der Waals surface area (Å²) in [5.41, 5.74) is 2.35. The molecule has 2 aromatic carbocycles. The maximum Gasteiger partial charge on any atom is 0.242 e. The number of aryl methyl sites for hydroxylation is 1. The molecule has 4 rings (SSSR count). The molecular weight excluding hydrogens is 442 g/mol. The van der Waals surface area contributed by atoms with Crippen molar-refractivity contribution in [2.75, 3.05) is 0 Å². The van der Waals surface area contributed by atoms with Gasteiger partial charge < -0.3 is 20.2 Å². The van der Waals surface area contributed by atoms with Crippen LogP contribution in [0.2, 0.25) is 0 Å². The van der Waals surface area contributed by atoms with E-state index >= 15 is 0 Å². The molecule has 3 aromatic rings. The molecule has 2 amide bonds. The summed E-state index contributed by atoms with van der Waals surface area (Å²) in [5, 5.41) is 17.1. The van der Waals surface area contributed by atoms with Crippen molar-refractivity contribution >= 4 is 22.9 Å². The number of aliphatic hydroxyl groups excluding tert-OH is 1. The van der Waals surface area contributed by atoms with Crippen LogP contribution < -0.4 is 10.6 Å². The largest absolute Gasteiger partial charge is 0.438 e. The quantitative estimate of drug-likeness (QED) is 0.400. The molecule has 1 aromatic heterocycles. The maximum atomic E-state index is 13.4. The first-order valence-electron chi connectivity index (χ1n) is 12.6. The molecule has 7 nitrogen and oxygen atoms in total. The van der Waals surface area contributed by atoms with Crippen LogP contribution in [0.1, 0.15) is 69.4 Å². The molecule has 1 saturated carbocycles. The number of carbonyl (C=O) groups is 2. The zero-order valence-electron chi connectivity index (χ0n) is 20.3. The summed E-state index contributed by atoms with van der Waals surface area (Å²) >= 11 is 0. The highest BCUT2D eigenvalue weighted by atomic mass is 16.4. The number of aliphatic hydroxyl groups is 1. The van der Waals surface area contributed by atoms with E-state index in [4.69, 9.17) is 4.42 Å². The van der Waals surface area contributed by atoms with Crippen LogP contribution >= 0.6 is 0 Å². The lowest BCUT2D eigenvalue weighted by molar-refractivity contribution is -0.129. The number of para-hydroxylation sites is 2. The molecular formula is C28H35N3O4. The molecule has 35 heavy (non-hydrogen) atoms. The van der Waals surface area contributed by atoms with E-state index in [1.54, 1.807) is 6.07 Å². The van der Waals surface area contributed by atoms with E-state index in [2.05, 4.69) is 15.6 Å². The lowest BCUT2D eigenvalue weighted by Gasteiger charge is -2.29. The molecule has 7 heteroatoms. The summed E-state index contributed by atoms with van der Waals surface area (Å²) in [5.74, 6) is 0.0734. The van der Waals surface area contributed by atoms with E-state index < -0.39 is 18.2 Å². The number of nitrogens with zero attached hydrogens (tertiary/aromatic N) is 1. The minimum Gasteiger partial charge on any atom is -0.438 e. The fourth-order valence-corrected chi connectivity index (χ4v) is 4.98. The van der Waals surface area contributed by atoms with Gasteiger partial charge in [0.2, 0.25) is 17.7 Å². The molecule has 0 spiro atoms. The van der Waals surface area contributed by atoms with Gasteiger partial charge in [0.15, 0.2) is 11.7 Å². The minimum absolute atomic E-state index is 0.174. The molecule has 1 fully saturated rings. The highest BCUT2D eigenvalue weighted by Crippen LogP contribution is 2.28. The van der Waals surface area contributed by atoms with Gasteiger partial charge in [-0.25, -0.2) is 4.98 Å². The first-order chi connectivity index (χ1) is 17.0. The van der Waals surface area contributed by atoms with Crippen molar-refractivity contribution in [3.8, 4) is 0 Å². The lowest BCUT2D eigenvalue weighted by atomic mass is 9.84. The van der Waals surface area contributed by atoms with Gasteiger partial charge >= 0.3 is 0 Å². The lowest BCUT2D eigenvalue weighted by Crippen LogP contribution is -2.51. The second-order valence-electron chi connectivity index (χ2n) is 9.60. The van der Waals surface area contributed by atoms with Gasteiger partial charge in [0, 0.05) is 6.92 Å². The fraction of sp³-hybridized carbons (Fsp3) is 0.464. The van der Waals surface area contributed by atoms with E-state index in [9.17, 15) is 14.7 Å². The summed E-state index contributed by atoms with van der Waals surface area (Å²) in [6.07, 6.45) is 6.34. The second kappa shape index (κ2) is 12.0. The number of benzene rings is 2. The topological polar surface area (TPSA) is 104 Å². The molecule has 0 bridgehead atoms. The molecule has 1 unspecified atom stereocenters. The number of nitrogens with one attached hydrogen (secondary N) is 2. The number of fused-ring (bicyclic) bond motifs is 1.